The topological polar surface area (TPSA) is 38.3 Å². The lowest BCUT2D eigenvalue weighted by Crippen LogP contribution is -2.33. The minimum Gasteiger partial charge on any atom is -0.353 e. The van der Waals surface area contributed by atoms with Gasteiger partial charge in [-0.05, 0) is 17.2 Å². The first-order chi connectivity index (χ1) is 7.72. The van der Waals surface area contributed by atoms with E-state index in [2.05, 4.69) is 11.9 Å². The van der Waals surface area contributed by atoms with E-state index in [1.54, 1.807) is 6.08 Å². The summed E-state index contributed by atoms with van der Waals surface area (Å²) in [6.07, 6.45) is 1.76. The highest BCUT2D eigenvalue weighted by molar-refractivity contribution is 6.62. The number of benzene rings is 1. The molecular formula is C12H14ClNO2. The molecule has 16 heavy (non-hydrogen) atoms. The molecule has 0 aliphatic rings. The number of carbonyl (C=O) groups excluding carboxylic acids is 1. The SMILES string of the molecule is C=CCC(NC(=O)Cl)OCc1ccccc1. The molecule has 1 unspecified atom stereocenters. The molecule has 1 rings (SSSR count). The summed E-state index contributed by atoms with van der Waals surface area (Å²) in [4.78, 5) is 10.7. The molecule has 0 aromatic heterocycles. The van der Waals surface area contributed by atoms with Crippen molar-refractivity contribution < 1.29 is 9.53 Å². The third kappa shape index (κ3) is 4.96. The highest BCUT2D eigenvalue weighted by atomic mass is 35.5. The molecule has 0 fully saturated rings. The van der Waals surface area contributed by atoms with Gasteiger partial charge >= 0.3 is 5.37 Å². The van der Waals surface area contributed by atoms with Gasteiger partial charge in [0.15, 0.2) is 0 Å². The van der Waals surface area contributed by atoms with Gasteiger partial charge in [-0.1, -0.05) is 36.4 Å². The molecule has 0 bridgehead atoms. The summed E-state index contributed by atoms with van der Waals surface area (Å²) in [7, 11) is 0. The van der Waals surface area contributed by atoms with Crippen LogP contribution in [0.15, 0.2) is 43.0 Å². The zero-order chi connectivity index (χ0) is 11.8. The van der Waals surface area contributed by atoms with Crippen LogP contribution in [0.4, 0.5) is 4.79 Å². The van der Waals surface area contributed by atoms with E-state index in [0.717, 1.165) is 5.56 Å². The second-order valence-corrected chi connectivity index (χ2v) is 3.57. The van der Waals surface area contributed by atoms with Crippen molar-refractivity contribution in [2.75, 3.05) is 0 Å². The van der Waals surface area contributed by atoms with Crippen LogP contribution in [0.3, 0.4) is 0 Å². The predicted octanol–water partition coefficient (Wildman–Crippen LogP) is 3.05. The van der Waals surface area contributed by atoms with Crippen LogP contribution in [0.25, 0.3) is 0 Å². The Kier molecular flexibility index (Phi) is 5.61. The van der Waals surface area contributed by atoms with Crippen molar-refractivity contribution in [3.8, 4) is 0 Å². The Hall–Kier alpha value is -1.32. The lowest BCUT2D eigenvalue weighted by molar-refractivity contribution is 0.0295. The predicted molar refractivity (Wildman–Crippen MR) is 64.2 cm³/mol. The molecule has 1 atom stereocenters. The number of rotatable bonds is 6. The molecule has 1 aromatic carbocycles. The van der Waals surface area contributed by atoms with Crippen LogP contribution in [-0.4, -0.2) is 11.6 Å². The summed E-state index contributed by atoms with van der Waals surface area (Å²) < 4.78 is 5.49. The molecule has 1 aromatic rings. The quantitative estimate of drug-likeness (QED) is 0.359. The van der Waals surface area contributed by atoms with E-state index in [0.29, 0.717) is 13.0 Å². The zero-order valence-corrected chi connectivity index (χ0v) is 9.61. The molecule has 1 amide bonds. The summed E-state index contributed by atoms with van der Waals surface area (Å²) in [6.45, 7) is 4.02. The van der Waals surface area contributed by atoms with Gasteiger partial charge in [-0.25, -0.2) is 0 Å². The first-order valence-corrected chi connectivity index (χ1v) is 5.32. The van der Waals surface area contributed by atoms with Gasteiger partial charge in [0.05, 0.1) is 6.61 Å². The van der Waals surface area contributed by atoms with Crippen LogP contribution >= 0.6 is 11.6 Å². The molecule has 0 radical (unpaired) electrons. The lowest BCUT2D eigenvalue weighted by Gasteiger charge is -2.16. The molecule has 0 aliphatic heterocycles. The molecule has 0 spiro atoms. The van der Waals surface area contributed by atoms with Crippen LogP contribution in [0, 0.1) is 0 Å². The zero-order valence-electron chi connectivity index (χ0n) is 8.86. The highest BCUT2D eigenvalue weighted by Gasteiger charge is 2.09. The Bertz CT molecular complexity index is 340. The normalized spacial score (nSPS) is 11.8. The monoisotopic (exact) mass is 239 g/mol. The van der Waals surface area contributed by atoms with Crippen molar-refractivity contribution in [2.24, 2.45) is 0 Å². The van der Waals surface area contributed by atoms with Crippen LogP contribution in [0.5, 0.6) is 0 Å². The molecule has 86 valence electrons. The van der Waals surface area contributed by atoms with Crippen molar-refractivity contribution in [1.82, 2.24) is 5.32 Å². The van der Waals surface area contributed by atoms with Gasteiger partial charge < -0.3 is 10.1 Å². The number of nitrogens with one attached hydrogen (secondary N) is 1. The van der Waals surface area contributed by atoms with Gasteiger partial charge in [0.1, 0.15) is 6.23 Å². The Morgan fingerprint density at radius 3 is 2.75 bits per heavy atom. The van der Waals surface area contributed by atoms with Gasteiger partial charge in [0, 0.05) is 6.42 Å². The summed E-state index contributed by atoms with van der Waals surface area (Å²) in [5.41, 5.74) is 1.04. The van der Waals surface area contributed by atoms with Crippen molar-refractivity contribution in [2.45, 2.75) is 19.3 Å². The van der Waals surface area contributed by atoms with Crippen LogP contribution in [-0.2, 0) is 11.3 Å². The summed E-state index contributed by atoms with van der Waals surface area (Å²) in [5, 5.41) is 1.86. The third-order valence-electron chi connectivity index (χ3n) is 1.95. The Morgan fingerprint density at radius 1 is 1.50 bits per heavy atom. The Morgan fingerprint density at radius 2 is 2.19 bits per heavy atom. The molecule has 1 N–H and O–H groups in total. The molecule has 0 heterocycles. The fraction of sp³-hybridized carbons (Fsp3) is 0.250. The number of carbonyl (C=O) groups is 1. The molecule has 4 heteroatoms. The first-order valence-electron chi connectivity index (χ1n) is 4.95. The van der Waals surface area contributed by atoms with Gasteiger partial charge in [-0.15, -0.1) is 6.58 Å². The van der Waals surface area contributed by atoms with E-state index in [1.807, 2.05) is 30.3 Å². The first kappa shape index (κ1) is 12.7. The molecule has 0 saturated carbocycles. The molecular weight excluding hydrogens is 226 g/mol. The summed E-state index contributed by atoms with van der Waals surface area (Å²) in [5.74, 6) is 0. The van der Waals surface area contributed by atoms with Crippen LogP contribution in [0.2, 0.25) is 0 Å². The Balaban J connectivity index is 2.43. The average Bonchev–Trinajstić information content (AvgIpc) is 2.27. The lowest BCUT2D eigenvalue weighted by atomic mass is 10.2. The maximum Gasteiger partial charge on any atom is 0.315 e. The third-order valence-corrected chi connectivity index (χ3v) is 2.06. The second kappa shape index (κ2) is 7.04. The van der Waals surface area contributed by atoms with Crippen molar-refractivity contribution in [3.05, 3.63) is 48.6 Å². The van der Waals surface area contributed by atoms with Crippen molar-refractivity contribution >= 4 is 17.0 Å². The summed E-state index contributed by atoms with van der Waals surface area (Å²) >= 11 is 5.23. The Labute approximate surface area is 100 Å². The fourth-order valence-corrected chi connectivity index (χ4v) is 1.34. The minimum absolute atomic E-state index is 0.427. The van der Waals surface area contributed by atoms with E-state index >= 15 is 0 Å². The number of hydrogen-bond donors (Lipinski definition) is 1. The van der Waals surface area contributed by atoms with E-state index in [1.165, 1.54) is 0 Å². The fourth-order valence-electron chi connectivity index (χ4n) is 1.22. The number of ether oxygens (including phenoxy) is 1. The number of amides is 1. The average molecular weight is 240 g/mol. The van der Waals surface area contributed by atoms with E-state index in [-0.39, 0.29) is 0 Å². The van der Waals surface area contributed by atoms with Gasteiger partial charge in [0.25, 0.3) is 0 Å². The summed E-state index contributed by atoms with van der Waals surface area (Å²) in [6, 6.07) is 9.70. The number of hydrogen-bond acceptors (Lipinski definition) is 2. The van der Waals surface area contributed by atoms with Gasteiger partial charge in [-0.3, -0.25) is 4.79 Å². The van der Waals surface area contributed by atoms with Gasteiger partial charge in [-0.2, -0.15) is 0 Å². The standard InChI is InChI=1S/C12H14ClNO2/c1-2-6-11(14-12(13)15)16-9-10-7-4-3-5-8-10/h2-5,7-8,11H,1,6,9H2,(H,14,15). The van der Waals surface area contributed by atoms with Crippen LogP contribution in [0.1, 0.15) is 12.0 Å². The molecule has 3 nitrogen and oxygen atoms in total. The smallest absolute Gasteiger partial charge is 0.315 e. The van der Waals surface area contributed by atoms with Gasteiger partial charge in [0.2, 0.25) is 0 Å². The molecule has 0 aliphatic carbocycles. The largest absolute Gasteiger partial charge is 0.353 e. The highest BCUT2D eigenvalue weighted by Crippen LogP contribution is 2.05. The molecule has 0 saturated heterocycles. The van der Waals surface area contributed by atoms with E-state index < -0.39 is 11.6 Å². The maximum absolute atomic E-state index is 10.7. The van der Waals surface area contributed by atoms with E-state index in [9.17, 15) is 4.79 Å². The second-order valence-electron chi connectivity index (χ2n) is 3.23. The van der Waals surface area contributed by atoms with E-state index in [4.69, 9.17) is 16.3 Å². The van der Waals surface area contributed by atoms with Crippen molar-refractivity contribution in [1.29, 1.82) is 0 Å². The van der Waals surface area contributed by atoms with Crippen molar-refractivity contribution in [3.63, 3.8) is 0 Å². The van der Waals surface area contributed by atoms with Crippen LogP contribution < -0.4 is 5.32 Å². The number of halogens is 1. The minimum atomic E-state index is -0.625. The maximum atomic E-state index is 10.7.